The molecule has 3 N–H and O–H groups in total. The van der Waals surface area contributed by atoms with Crippen LogP contribution in [0.1, 0.15) is 49.1 Å². The van der Waals surface area contributed by atoms with Crippen molar-refractivity contribution in [3.8, 4) is 5.75 Å². The standard InChI is InChI=1S/C18H24O3/c19-10-18-8-7-14-13-4-2-12(20)9-11(13)1-3-15(14)16(18)5-6-17(18)21/h2,4,9,14-17,19-21H,1,3,5-8,10H2/t14-,15-,16+,17?,18-/m1/s1. The van der Waals surface area contributed by atoms with Gasteiger partial charge in [0.25, 0.3) is 0 Å². The van der Waals surface area contributed by atoms with Crippen molar-refractivity contribution in [3.05, 3.63) is 29.3 Å². The van der Waals surface area contributed by atoms with Gasteiger partial charge in [-0.3, -0.25) is 0 Å². The Hall–Kier alpha value is -1.06. The summed E-state index contributed by atoms with van der Waals surface area (Å²) in [5.74, 6) is 1.95. The van der Waals surface area contributed by atoms with E-state index < -0.39 is 0 Å². The largest absolute Gasteiger partial charge is 0.508 e. The van der Waals surface area contributed by atoms with E-state index >= 15 is 0 Å². The van der Waals surface area contributed by atoms with E-state index in [4.69, 9.17) is 0 Å². The van der Waals surface area contributed by atoms with Gasteiger partial charge in [0.1, 0.15) is 5.75 Å². The molecule has 0 radical (unpaired) electrons. The van der Waals surface area contributed by atoms with Crippen molar-refractivity contribution in [1.82, 2.24) is 0 Å². The first-order valence-electron chi connectivity index (χ1n) is 8.26. The highest BCUT2D eigenvalue weighted by atomic mass is 16.3. The summed E-state index contributed by atoms with van der Waals surface area (Å²) in [4.78, 5) is 0. The van der Waals surface area contributed by atoms with Crippen LogP contribution in [0, 0.1) is 17.3 Å². The lowest BCUT2D eigenvalue weighted by molar-refractivity contribution is -0.0711. The van der Waals surface area contributed by atoms with Gasteiger partial charge >= 0.3 is 0 Å². The Morgan fingerprint density at radius 2 is 2.00 bits per heavy atom. The molecule has 0 saturated heterocycles. The molecule has 0 bridgehead atoms. The highest BCUT2D eigenvalue weighted by molar-refractivity contribution is 5.40. The zero-order valence-electron chi connectivity index (χ0n) is 12.3. The van der Waals surface area contributed by atoms with Gasteiger partial charge < -0.3 is 15.3 Å². The minimum Gasteiger partial charge on any atom is -0.508 e. The van der Waals surface area contributed by atoms with E-state index in [0.29, 0.717) is 23.5 Å². The number of hydrogen-bond donors (Lipinski definition) is 3. The zero-order chi connectivity index (χ0) is 14.6. The van der Waals surface area contributed by atoms with E-state index in [1.165, 1.54) is 11.1 Å². The number of aliphatic hydroxyl groups excluding tert-OH is 2. The van der Waals surface area contributed by atoms with Crippen LogP contribution < -0.4 is 0 Å². The first-order chi connectivity index (χ1) is 10.2. The number of phenolic OH excluding ortho intramolecular Hbond substituents is 1. The minimum atomic E-state index is -0.324. The number of aryl methyl sites for hydroxylation is 1. The molecule has 21 heavy (non-hydrogen) atoms. The molecule has 5 atom stereocenters. The normalized spacial score (nSPS) is 41.2. The summed E-state index contributed by atoms with van der Waals surface area (Å²) in [5, 5.41) is 30.0. The predicted molar refractivity (Wildman–Crippen MR) is 80.1 cm³/mol. The molecular formula is C18H24O3. The van der Waals surface area contributed by atoms with Gasteiger partial charge in [-0.25, -0.2) is 0 Å². The molecular weight excluding hydrogens is 264 g/mol. The highest BCUT2D eigenvalue weighted by Crippen LogP contribution is 2.60. The monoisotopic (exact) mass is 288 g/mol. The molecule has 2 saturated carbocycles. The Morgan fingerprint density at radius 3 is 2.81 bits per heavy atom. The fraction of sp³-hybridized carbons (Fsp3) is 0.667. The third kappa shape index (κ3) is 1.80. The van der Waals surface area contributed by atoms with Gasteiger partial charge in [0.2, 0.25) is 0 Å². The smallest absolute Gasteiger partial charge is 0.115 e. The van der Waals surface area contributed by atoms with Gasteiger partial charge in [-0.1, -0.05) is 6.07 Å². The van der Waals surface area contributed by atoms with Crippen LogP contribution in [0.25, 0.3) is 0 Å². The summed E-state index contributed by atoms with van der Waals surface area (Å²) in [7, 11) is 0. The van der Waals surface area contributed by atoms with Crippen LogP contribution in [0.3, 0.4) is 0 Å². The SMILES string of the molecule is OC[C@]12CC[C@@H]3c4ccc(O)cc4CC[C@H]3[C@@H]1CCC2O. The summed E-state index contributed by atoms with van der Waals surface area (Å²) >= 11 is 0. The van der Waals surface area contributed by atoms with Gasteiger partial charge in [-0.2, -0.15) is 0 Å². The van der Waals surface area contributed by atoms with E-state index in [1.54, 1.807) is 6.07 Å². The molecule has 1 aromatic carbocycles. The second-order valence-corrected chi connectivity index (χ2v) is 7.32. The molecule has 0 amide bonds. The van der Waals surface area contributed by atoms with Crippen LogP contribution in [-0.4, -0.2) is 28.0 Å². The van der Waals surface area contributed by atoms with Gasteiger partial charge in [-0.05, 0) is 79.5 Å². The molecule has 0 aromatic heterocycles. The van der Waals surface area contributed by atoms with Crippen LogP contribution in [-0.2, 0) is 6.42 Å². The van der Waals surface area contributed by atoms with Crippen LogP contribution in [0.5, 0.6) is 5.75 Å². The Balaban J connectivity index is 1.71. The van der Waals surface area contributed by atoms with E-state index in [-0.39, 0.29) is 18.1 Å². The molecule has 3 aliphatic rings. The maximum atomic E-state index is 10.4. The van der Waals surface area contributed by atoms with Gasteiger partial charge in [0, 0.05) is 5.41 Å². The fourth-order valence-electron chi connectivity index (χ4n) is 5.65. The van der Waals surface area contributed by atoms with Crippen molar-refractivity contribution in [3.63, 3.8) is 0 Å². The Labute approximate surface area is 125 Å². The number of hydrogen-bond acceptors (Lipinski definition) is 3. The zero-order valence-corrected chi connectivity index (χ0v) is 12.3. The molecule has 1 unspecified atom stereocenters. The number of fused-ring (bicyclic) bond motifs is 5. The van der Waals surface area contributed by atoms with Crippen molar-refractivity contribution < 1.29 is 15.3 Å². The number of aliphatic hydroxyl groups is 2. The summed E-state index contributed by atoms with van der Waals surface area (Å²) in [6.45, 7) is 0.129. The Kier molecular flexibility index (Phi) is 3.05. The molecule has 4 rings (SSSR count). The molecule has 2 fully saturated rings. The number of rotatable bonds is 1. The molecule has 1 aromatic rings. The lowest BCUT2D eigenvalue weighted by Crippen LogP contribution is -2.48. The number of benzene rings is 1. The fourth-order valence-corrected chi connectivity index (χ4v) is 5.65. The number of phenols is 1. The third-order valence-electron chi connectivity index (χ3n) is 6.68. The lowest BCUT2D eigenvalue weighted by atomic mass is 9.55. The second-order valence-electron chi connectivity index (χ2n) is 7.32. The summed E-state index contributed by atoms with van der Waals surface area (Å²) < 4.78 is 0. The van der Waals surface area contributed by atoms with Crippen molar-refractivity contribution >= 4 is 0 Å². The van der Waals surface area contributed by atoms with E-state index in [9.17, 15) is 15.3 Å². The van der Waals surface area contributed by atoms with Crippen LogP contribution in [0.15, 0.2) is 18.2 Å². The van der Waals surface area contributed by atoms with Crippen LogP contribution >= 0.6 is 0 Å². The quantitative estimate of drug-likeness (QED) is 0.744. The minimum absolute atomic E-state index is 0.129. The summed E-state index contributed by atoms with van der Waals surface area (Å²) in [5.41, 5.74) is 2.46. The average Bonchev–Trinajstić information content (AvgIpc) is 2.84. The molecule has 0 heterocycles. The van der Waals surface area contributed by atoms with E-state index in [2.05, 4.69) is 6.07 Å². The molecule has 0 spiro atoms. The van der Waals surface area contributed by atoms with Gasteiger partial charge in [-0.15, -0.1) is 0 Å². The maximum absolute atomic E-state index is 10.4. The van der Waals surface area contributed by atoms with Crippen molar-refractivity contribution in [1.29, 1.82) is 0 Å². The van der Waals surface area contributed by atoms with Crippen LogP contribution in [0.2, 0.25) is 0 Å². The van der Waals surface area contributed by atoms with Crippen molar-refractivity contribution in [2.75, 3.05) is 6.61 Å². The Morgan fingerprint density at radius 1 is 1.14 bits per heavy atom. The lowest BCUT2D eigenvalue weighted by Gasteiger charge is -2.50. The summed E-state index contributed by atoms with van der Waals surface area (Å²) in [6.07, 6.45) is 5.69. The molecule has 0 aliphatic heterocycles. The third-order valence-corrected chi connectivity index (χ3v) is 6.68. The highest BCUT2D eigenvalue weighted by Gasteiger charge is 2.56. The first kappa shape index (κ1) is 13.6. The first-order valence-corrected chi connectivity index (χ1v) is 8.26. The van der Waals surface area contributed by atoms with Crippen LogP contribution in [0.4, 0.5) is 0 Å². The molecule has 3 aliphatic carbocycles. The molecule has 3 nitrogen and oxygen atoms in total. The Bertz CT molecular complexity index is 555. The topological polar surface area (TPSA) is 60.7 Å². The van der Waals surface area contributed by atoms with E-state index in [0.717, 1.165) is 38.5 Å². The molecule has 3 heteroatoms. The predicted octanol–water partition coefficient (Wildman–Crippen LogP) is 2.58. The van der Waals surface area contributed by atoms with Gasteiger partial charge in [0.15, 0.2) is 0 Å². The second kappa shape index (κ2) is 4.72. The van der Waals surface area contributed by atoms with Gasteiger partial charge in [0.05, 0.1) is 12.7 Å². The number of aromatic hydroxyl groups is 1. The summed E-state index contributed by atoms with van der Waals surface area (Å²) in [6, 6.07) is 5.82. The van der Waals surface area contributed by atoms with Crippen molar-refractivity contribution in [2.24, 2.45) is 17.3 Å². The van der Waals surface area contributed by atoms with Crippen molar-refractivity contribution in [2.45, 2.75) is 50.5 Å². The maximum Gasteiger partial charge on any atom is 0.115 e. The average molecular weight is 288 g/mol. The molecule has 114 valence electrons. The van der Waals surface area contributed by atoms with E-state index in [1.807, 2.05) is 6.07 Å².